The first kappa shape index (κ1) is 32.5. The molecule has 0 aromatic heterocycles. The average Bonchev–Trinajstić information content (AvgIpc) is 2.99. The van der Waals surface area contributed by atoms with E-state index in [9.17, 15) is 18.0 Å². The predicted molar refractivity (Wildman–Crippen MR) is 176 cm³/mol. The van der Waals surface area contributed by atoms with Gasteiger partial charge in [0.2, 0.25) is 11.8 Å². The van der Waals surface area contributed by atoms with Gasteiger partial charge in [0, 0.05) is 18.5 Å². The fraction of sp³-hybridized carbons (Fsp3) is 0.278. The van der Waals surface area contributed by atoms with Crippen LogP contribution in [0.15, 0.2) is 114 Å². The van der Waals surface area contributed by atoms with Crippen LogP contribution in [0.4, 0.5) is 5.69 Å². The van der Waals surface area contributed by atoms with Crippen molar-refractivity contribution in [2.75, 3.05) is 10.8 Å². The number of benzene rings is 4. The largest absolute Gasteiger partial charge is 0.350 e. The van der Waals surface area contributed by atoms with Crippen LogP contribution in [0.2, 0.25) is 0 Å². The van der Waals surface area contributed by atoms with Crippen molar-refractivity contribution in [2.45, 2.75) is 64.1 Å². The van der Waals surface area contributed by atoms with Crippen molar-refractivity contribution < 1.29 is 18.0 Å². The molecule has 0 unspecified atom stereocenters. The Hall–Kier alpha value is -4.43. The summed E-state index contributed by atoms with van der Waals surface area (Å²) in [5, 5.41) is 3.05. The SMILES string of the molecule is Cc1ccc(C)c(N(CC(=O)N(Cc2ccccc2)[C@@H](Cc2ccccc2)C(=O)NC(C)(C)C)S(=O)(=O)c2ccccc2)c1. The Morgan fingerprint density at radius 3 is 1.89 bits per heavy atom. The molecule has 0 radical (unpaired) electrons. The lowest BCUT2D eigenvalue weighted by molar-refractivity contribution is -0.140. The molecule has 4 aromatic carbocycles. The number of aryl methyl sites for hydroxylation is 2. The van der Waals surface area contributed by atoms with Crippen molar-refractivity contribution in [2.24, 2.45) is 0 Å². The summed E-state index contributed by atoms with van der Waals surface area (Å²) >= 11 is 0. The second-order valence-corrected chi connectivity index (χ2v) is 13.9. The summed E-state index contributed by atoms with van der Waals surface area (Å²) in [6.45, 7) is 9.02. The lowest BCUT2D eigenvalue weighted by Gasteiger charge is -2.35. The number of sulfonamides is 1. The third-order valence-electron chi connectivity index (χ3n) is 7.21. The average molecular weight is 612 g/mol. The van der Waals surface area contributed by atoms with Gasteiger partial charge in [0.1, 0.15) is 12.6 Å². The minimum atomic E-state index is -4.14. The summed E-state index contributed by atoms with van der Waals surface area (Å²) in [4.78, 5) is 30.1. The third kappa shape index (κ3) is 8.35. The van der Waals surface area contributed by atoms with E-state index in [4.69, 9.17) is 0 Å². The Labute approximate surface area is 261 Å². The standard InChI is InChI=1S/C36H41N3O4S/c1-27-21-22-28(2)32(23-27)39(44(42,43)31-19-13-8-14-20-31)26-34(40)38(25-30-17-11-7-12-18-30)33(35(41)37-36(3,4)5)24-29-15-9-6-10-16-29/h6-23,33H,24-26H2,1-5H3,(H,37,41)/t33-/m0/s1. The van der Waals surface area contributed by atoms with E-state index in [0.29, 0.717) is 11.3 Å². The molecule has 0 aliphatic heterocycles. The molecule has 7 nitrogen and oxygen atoms in total. The van der Waals surface area contributed by atoms with E-state index < -0.39 is 34.1 Å². The smallest absolute Gasteiger partial charge is 0.264 e. The number of nitrogens with one attached hydrogen (secondary N) is 1. The van der Waals surface area contributed by atoms with Gasteiger partial charge in [-0.2, -0.15) is 0 Å². The maximum Gasteiger partial charge on any atom is 0.264 e. The summed E-state index contributed by atoms with van der Waals surface area (Å²) in [6.07, 6.45) is 0.260. The van der Waals surface area contributed by atoms with Crippen LogP contribution in [0, 0.1) is 13.8 Å². The third-order valence-corrected chi connectivity index (χ3v) is 8.98. The number of amides is 2. The first-order valence-electron chi connectivity index (χ1n) is 14.7. The van der Waals surface area contributed by atoms with Gasteiger partial charge < -0.3 is 10.2 Å². The second-order valence-electron chi connectivity index (χ2n) is 12.1. The highest BCUT2D eigenvalue weighted by atomic mass is 32.2. The van der Waals surface area contributed by atoms with Crippen LogP contribution in [0.25, 0.3) is 0 Å². The number of carbonyl (C=O) groups excluding carboxylic acids is 2. The van der Waals surface area contributed by atoms with Gasteiger partial charge >= 0.3 is 0 Å². The molecule has 0 spiro atoms. The highest BCUT2D eigenvalue weighted by Crippen LogP contribution is 2.29. The zero-order valence-corrected chi connectivity index (χ0v) is 26.8. The molecule has 8 heteroatoms. The van der Waals surface area contributed by atoms with Crippen molar-refractivity contribution in [1.29, 1.82) is 0 Å². The summed E-state index contributed by atoms with van der Waals surface area (Å²) in [7, 11) is -4.14. The molecule has 0 saturated carbocycles. The first-order valence-corrected chi connectivity index (χ1v) is 16.1. The molecule has 0 aliphatic carbocycles. The molecule has 0 heterocycles. The van der Waals surface area contributed by atoms with E-state index in [1.165, 1.54) is 21.3 Å². The van der Waals surface area contributed by atoms with Crippen molar-refractivity contribution in [1.82, 2.24) is 10.2 Å². The summed E-state index contributed by atoms with van der Waals surface area (Å²) in [5.41, 5.74) is 3.15. The maximum absolute atomic E-state index is 14.5. The highest BCUT2D eigenvalue weighted by Gasteiger charge is 2.36. The van der Waals surface area contributed by atoms with Gasteiger partial charge in [0.15, 0.2) is 0 Å². The first-order chi connectivity index (χ1) is 20.8. The molecule has 230 valence electrons. The molecule has 0 fully saturated rings. The van der Waals surface area contributed by atoms with Gasteiger partial charge in [-0.3, -0.25) is 13.9 Å². The molecule has 44 heavy (non-hydrogen) atoms. The molecule has 1 N–H and O–H groups in total. The fourth-order valence-electron chi connectivity index (χ4n) is 5.01. The number of carbonyl (C=O) groups is 2. The number of hydrogen-bond acceptors (Lipinski definition) is 4. The molecule has 1 atom stereocenters. The Balaban J connectivity index is 1.83. The quantitative estimate of drug-likeness (QED) is 0.224. The highest BCUT2D eigenvalue weighted by molar-refractivity contribution is 7.92. The molecular formula is C36H41N3O4S. The molecule has 2 amide bonds. The van der Waals surface area contributed by atoms with Gasteiger partial charge in [-0.05, 0) is 75.1 Å². The Kier molecular flexibility index (Phi) is 10.3. The van der Waals surface area contributed by atoms with Crippen molar-refractivity contribution in [3.05, 3.63) is 131 Å². The van der Waals surface area contributed by atoms with Crippen LogP contribution in [-0.4, -0.2) is 43.3 Å². The molecule has 0 saturated heterocycles. The van der Waals surface area contributed by atoms with Gasteiger partial charge in [0.25, 0.3) is 10.0 Å². The number of anilines is 1. The fourth-order valence-corrected chi connectivity index (χ4v) is 6.50. The van der Waals surface area contributed by atoms with Gasteiger partial charge in [-0.1, -0.05) is 91.0 Å². The van der Waals surface area contributed by atoms with E-state index >= 15 is 0 Å². The second kappa shape index (κ2) is 13.9. The van der Waals surface area contributed by atoms with E-state index in [-0.39, 0.29) is 23.8 Å². The van der Waals surface area contributed by atoms with Crippen molar-refractivity contribution in [3.8, 4) is 0 Å². The zero-order valence-electron chi connectivity index (χ0n) is 26.0. The van der Waals surface area contributed by atoms with Gasteiger partial charge in [0.05, 0.1) is 10.6 Å². The number of hydrogen-bond donors (Lipinski definition) is 1. The summed E-state index contributed by atoms with van der Waals surface area (Å²) in [5.74, 6) is -0.797. The predicted octanol–water partition coefficient (Wildman–Crippen LogP) is 6.05. The van der Waals surface area contributed by atoms with Crippen LogP contribution in [-0.2, 0) is 32.6 Å². The van der Waals surface area contributed by atoms with Gasteiger partial charge in [-0.25, -0.2) is 8.42 Å². The maximum atomic E-state index is 14.5. The monoisotopic (exact) mass is 611 g/mol. The van der Waals surface area contributed by atoms with Crippen LogP contribution >= 0.6 is 0 Å². The molecule has 4 aromatic rings. The van der Waals surface area contributed by atoms with Crippen LogP contribution in [0.3, 0.4) is 0 Å². The lowest BCUT2D eigenvalue weighted by atomic mass is 10.0. The van der Waals surface area contributed by atoms with Crippen molar-refractivity contribution in [3.63, 3.8) is 0 Å². The van der Waals surface area contributed by atoms with Gasteiger partial charge in [-0.15, -0.1) is 0 Å². The number of rotatable bonds is 11. The molecule has 0 aliphatic rings. The summed E-state index contributed by atoms with van der Waals surface area (Å²) < 4.78 is 29.5. The van der Waals surface area contributed by atoms with Crippen LogP contribution in [0.5, 0.6) is 0 Å². The van der Waals surface area contributed by atoms with Crippen LogP contribution in [0.1, 0.15) is 43.0 Å². The molecular weight excluding hydrogens is 570 g/mol. The van der Waals surface area contributed by atoms with E-state index in [1.54, 1.807) is 24.3 Å². The molecule has 0 bridgehead atoms. The van der Waals surface area contributed by atoms with E-state index in [1.807, 2.05) is 107 Å². The normalized spacial score (nSPS) is 12.3. The van der Waals surface area contributed by atoms with E-state index in [0.717, 1.165) is 16.7 Å². The minimum Gasteiger partial charge on any atom is -0.350 e. The Morgan fingerprint density at radius 2 is 1.32 bits per heavy atom. The number of nitrogens with zero attached hydrogens (tertiary/aromatic N) is 2. The Morgan fingerprint density at radius 1 is 0.773 bits per heavy atom. The minimum absolute atomic E-state index is 0.0784. The Bertz CT molecular complexity index is 1670. The molecule has 4 rings (SSSR count). The topological polar surface area (TPSA) is 86.8 Å². The van der Waals surface area contributed by atoms with E-state index in [2.05, 4.69) is 5.32 Å². The zero-order chi connectivity index (χ0) is 31.9. The van der Waals surface area contributed by atoms with Crippen LogP contribution < -0.4 is 9.62 Å². The van der Waals surface area contributed by atoms with Crippen molar-refractivity contribution >= 4 is 27.5 Å². The lowest BCUT2D eigenvalue weighted by Crippen LogP contribution is -2.56. The summed E-state index contributed by atoms with van der Waals surface area (Å²) in [6, 6.07) is 31.7.